The van der Waals surface area contributed by atoms with E-state index in [4.69, 9.17) is 4.74 Å². The fraction of sp³-hybridized carbons (Fsp3) is 0.136. The largest absolute Gasteiger partial charge is 0.485 e. The zero-order valence-corrected chi connectivity index (χ0v) is 17.5. The number of hydrogen-bond donors (Lipinski definition) is 2. The van der Waals surface area contributed by atoms with E-state index in [9.17, 15) is 13.2 Å². The van der Waals surface area contributed by atoms with Gasteiger partial charge < -0.3 is 10.1 Å². The minimum absolute atomic E-state index is 0.0483. The lowest BCUT2D eigenvalue weighted by Crippen LogP contribution is -2.26. The quantitative estimate of drug-likeness (QED) is 0.504. The molecule has 0 bridgehead atoms. The lowest BCUT2D eigenvalue weighted by atomic mass is 10.2. The third kappa shape index (κ3) is 7.65. The van der Waals surface area contributed by atoms with Crippen LogP contribution in [0.4, 0.5) is 5.82 Å². The summed E-state index contributed by atoms with van der Waals surface area (Å²) >= 11 is 0. The summed E-state index contributed by atoms with van der Waals surface area (Å²) < 4.78 is 32.2. The summed E-state index contributed by atoms with van der Waals surface area (Å²) in [6, 6.07) is 16.1. The average molecular weight is 439 g/mol. The number of anilines is 1. The molecule has 2 heterocycles. The van der Waals surface area contributed by atoms with E-state index in [1.54, 1.807) is 36.7 Å². The van der Waals surface area contributed by atoms with Crippen LogP contribution in [-0.4, -0.2) is 30.8 Å². The number of ether oxygens (including phenoxy) is 1. The highest BCUT2D eigenvalue weighted by molar-refractivity contribution is 7.92. The van der Waals surface area contributed by atoms with Crippen LogP contribution in [0, 0.1) is 0 Å². The van der Waals surface area contributed by atoms with Gasteiger partial charge in [0, 0.05) is 37.0 Å². The van der Waals surface area contributed by atoms with Crippen molar-refractivity contribution >= 4 is 27.8 Å². The van der Waals surface area contributed by atoms with Crippen molar-refractivity contribution in [1.29, 1.82) is 0 Å². The van der Waals surface area contributed by atoms with Gasteiger partial charge in [0.15, 0.2) is 11.6 Å². The number of nitrogens with one attached hydrogen (secondary N) is 2. The van der Waals surface area contributed by atoms with Gasteiger partial charge in [0.1, 0.15) is 6.61 Å². The summed E-state index contributed by atoms with van der Waals surface area (Å²) in [6.07, 6.45) is 6.30. The summed E-state index contributed by atoms with van der Waals surface area (Å²) in [6.45, 7) is 0.248. The Bertz CT molecular complexity index is 1120. The Morgan fingerprint density at radius 2 is 1.77 bits per heavy atom. The maximum absolute atomic E-state index is 12.2. The molecule has 0 saturated heterocycles. The standard InChI is InChI=1S/C22H22N4O4S/c27-21(10-15-25-31(28,29)16-11-18-5-2-1-3-6-18)26-22-20(7-4-12-24-22)30-17-19-8-13-23-14-9-19/h1-9,11-14,16,25H,10,15,17H2,(H,24,26,27)/b16-11+. The Labute approximate surface area is 181 Å². The van der Waals surface area contributed by atoms with E-state index in [1.165, 1.54) is 12.3 Å². The van der Waals surface area contributed by atoms with Crippen LogP contribution in [0.15, 0.2) is 78.6 Å². The second-order valence-corrected chi connectivity index (χ2v) is 8.10. The Kier molecular flexibility index (Phi) is 7.85. The van der Waals surface area contributed by atoms with Crippen molar-refractivity contribution < 1.29 is 17.9 Å². The van der Waals surface area contributed by atoms with Gasteiger partial charge in [-0.15, -0.1) is 0 Å². The van der Waals surface area contributed by atoms with Gasteiger partial charge in [-0.2, -0.15) is 0 Å². The van der Waals surface area contributed by atoms with E-state index in [0.29, 0.717) is 12.4 Å². The molecule has 0 aliphatic heterocycles. The molecule has 0 aliphatic carbocycles. The molecule has 1 amide bonds. The van der Waals surface area contributed by atoms with E-state index in [0.717, 1.165) is 16.5 Å². The van der Waals surface area contributed by atoms with Gasteiger partial charge in [-0.05, 0) is 41.5 Å². The molecule has 3 aromatic rings. The highest BCUT2D eigenvalue weighted by atomic mass is 32.2. The SMILES string of the molecule is O=C(CCNS(=O)(=O)/C=C/c1ccccc1)Nc1ncccc1OCc1ccncc1. The van der Waals surface area contributed by atoms with Gasteiger partial charge >= 0.3 is 0 Å². The van der Waals surface area contributed by atoms with E-state index in [-0.39, 0.29) is 24.7 Å². The first-order chi connectivity index (χ1) is 15.0. The Morgan fingerprint density at radius 1 is 1.00 bits per heavy atom. The molecule has 0 fully saturated rings. The Hall–Kier alpha value is -3.56. The Balaban J connectivity index is 1.49. The zero-order chi connectivity index (χ0) is 21.9. The first-order valence-corrected chi connectivity index (χ1v) is 11.1. The molecule has 0 atom stereocenters. The van der Waals surface area contributed by atoms with Crippen molar-refractivity contribution in [2.75, 3.05) is 11.9 Å². The van der Waals surface area contributed by atoms with Crippen LogP contribution < -0.4 is 14.8 Å². The van der Waals surface area contributed by atoms with Gasteiger partial charge in [-0.3, -0.25) is 9.78 Å². The molecule has 2 N–H and O–H groups in total. The normalized spacial score (nSPS) is 11.4. The topological polar surface area (TPSA) is 110 Å². The molecule has 0 radical (unpaired) electrons. The van der Waals surface area contributed by atoms with Gasteiger partial charge in [0.25, 0.3) is 0 Å². The number of benzene rings is 1. The van der Waals surface area contributed by atoms with Gasteiger partial charge in [-0.25, -0.2) is 18.1 Å². The molecule has 9 heteroatoms. The molecular formula is C22H22N4O4S. The molecular weight excluding hydrogens is 416 g/mol. The summed E-state index contributed by atoms with van der Waals surface area (Å²) in [5.74, 6) is 0.301. The van der Waals surface area contributed by atoms with Crippen LogP contribution in [0.1, 0.15) is 17.5 Å². The fourth-order valence-corrected chi connectivity index (χ4v) is 3.34. The van der Waals surface area contributed by atoms with Crippen molar-refractivity contribution in [3.05, 3.63) is 89.7 Å². The van der Waals surface area contributed by atoms with Crippen molar-refractivity contribution in [3.63, 3.8) is 0 Å². The van der Waals surface area contributed by atoms with Crippen LogP contribution in [0.25, 0.3) is 6.08 Å². The Morgan fingerprint density at radius 3 is 2.55 bits per heavy atom. The van der Waals surface area contributed by atoms with Crippen LogP contribution in [0.2, 0.25) is 0 Å². The van der Waals surface area contributed by atoms with Crippen molar-refractivity contribution in [2.24, 2.45) is 0 Å². The van der Waals surface area contributed by atoms with Gasteiger partial charge in [-0.1, -0.05) is 30.3 Å². The van der Waals surface area contributed by atoms with Crippen molar-refractivity contribution in [1.82, 2.24) is 14.7 Å². The lowest BCUT2D eigenvalue weighted by molar-refractivity contribution is -0.116. The molecule has 0 aliphatic rings. The highest BCUT2D eigenvalue weighted by Gasteiger charge is 2.11. The molecule has 0 unspecified atom stereocenters. The first kappa shape index (κ1) is 22.1. The smallest absolute Gasteiger partial charge is 0.233 e. The summed E-state index contributed by atoms with van der Waals surface area (Å²) in [5, 5.41) is 3.72. The lowest BCUT2D eigenvalue weighted by Gasteiger charge is -2.11. The molecule has 0 spiro atoms. The predicted octanol–water partition coefficient (Wildman–Crippen LogP) is 2.97. The minimum atomic E-state index is -3.65. The molecule has 0 saturated carbocycles. The maximum Gasteiger partial charge on any atom is 0.233 e. The molecule has 1 aromatic carbocycles. The third-order valence-electron chi connectivity index (χ3n) is 4.07. The summed E-state index contributed by atoms with van der Waals surface area (Å²) in [7, 11) is -3.65. The number of amides is 1. The molecule has 31 heavy (non-hydrogen) atoms. The fourth-order valence-electron chi connectivity index (χ4n) is 2.52. The number of carbonyl (C=O) groups is 1. The number of sulfonamides is 1. The van der Waals surface area contributed by atoms with Crippen LogP contribution in [0.3, 0.4) is 0 Å². The highest BCUT2D eigenvalue weighted by Crippen LogP contribution is 2.22. The zero-order valence-electron chi connectivity index (χ0n) is 16.6. The number of rotatable bonds is 10. The third-order valence-corrected chi connectivity index (χ3v) is 5.17. The van der Waals surface area contributed by atoms with Crippen molar-refractivity contribution in [3.8, 4) is 5.75 Å². The number of pyridine rings is 2. The number of carbonyl (C=O) groups excluding carboxylic acids is 1. The maximum atomic E-state index is 12.2. The molecule has 3 rings (SSSR count). The van der Waals surface area contributed by atoms with E-state index in [2.05, 4.69) is 20.0 Å². The van der Waals surface area contributed by atoms with Crippen LogP contribution in [-0.2, 0) is 21.4 Å². The number of aromatic nitrogens is 2. The summed E-state index contributed by atoms with van der Waals surface area (Å²) in [5.41, 5.74) is 1.69. The average Bonchev–Trinajstić information content (AvgIpc) is 2.78. The predicted molar refractivity (Wildman–Crippen MR) is 118 cm³/mol. The number of hydrogen-bond acceptors (Lipinski definition) is 6. The summed E-state index contributed by atoms with van der Waals surface area (Å²) in [4.78, 5) is 20.3. The minimum Gasteiger partial charge on any atom is -0.485 e. The molecule has 2 aromatic heterocycles. The first-order valence-electron chi connectivity index (χ1n) is 9.51. The van der Waals surface area contributed by atoms with E-state index in [1.807, 2.05) is 30.3 Å². The molecule has 8 nitrogen and oxygen atoms in total. The van der Waals surface area contributed by atoms with Crippen LogP contribution in [0.5, 0.6) is 5.75 Å². The van der Waals surface area contributed by atoms with E-state index < -0.39 is 10.0 Å². The van der Waals surface area contributed by atoms with E-state index >= 15 is 0 Å². The van der Waals surface area contributed by atoms with Gasteiger partial charge in [0.05, 0.1) is 0 Å². The number of nitrogens with zero attached hydrogens (tertiary/aromatic N) is 2. The second kappa shape index (κ2) is 11.0. The molecule has 160 valence electrons. The van der Waals surface area contributed by atoms with Gasteiger partial charge in [0.2, 0.25) is 15.9 Å². The van der Waals surface area contributed by atoms with Crippen molar-refractivity contribution in [2.45, 2.75) is 13.0 Å². The second-order valence-electron chi connectivity index (χ2n) is 6.45. The monoisotopic (exact) mass is 438 g/mol. The van der Waals surface area contributed by atoms with Crippen LogP contribution >= 0.6 is 0 Å².